The quantitative estimate of drug-likeness (QED) is 0.791. The number of hydrogen-bond donors (Lipinski definition) is 2. The van der Waals surface area contributed by atoms with Crippen LogP contribution >= 0.6 is 0 Å². The molecule has 4 nitrogen and oxygen atoms in total. The van der Waals surface area contributed by atoms with Gasteiger partial charge < -0.3 is 10.6 Å². The van der Waals surface area contributed by atoms with Gasteiger partial charge in [0.2, 0.25) is 0 Å². The third kappa shape index (κ3) is 3.16. The Bertz CT molecular complexity index is 344. The van der Waals surface area contributed by atoms with Crippen molar-refractivity contribution in [3.8, 4) is 0 Å². The largest absolute Gasteiger partial charge is 0.387 e. The zero-order valence-corrected chi connectivity index (χ0v) is 8.13. The molecule has 0 aromatic carbocycles. The Morgan fingerprint density at radius 3 is 2.93 bits per heavy atom. The van der Waals surface area contributed by atoms with Crippen molar-refractivity contribution in [1.29, 1.82) is 0 Å². The molecular weight excluding hydrogens is 204 g/mol. The van der Waals surface area contributed by atoms with Crippen molar-refractivity contribution in [2.75, 3.05) is 18.9 Å². The lowest BCUT2D eigenvalue weighted by Gasteiger charge is -2.08. The molecule has 2 N–H and O–H groups in total. The molecule has 0 saturated heterocycles. The van der Waals surface area contributed by atoms with Gasteiger partial charge in [-0.3, -0.25) is 9.78 Å². The van der Waals surface area contributed by atoms with Crippen LogP contribution in [0, 0.1) is 0 Å². The first kappa shape index (κ1) is 11.4. The maximum atomic E-state index is 11.8. The summed E-state index contributed by atoms with van der Waals surface area (Å²) in [5, 5.41) is 4.88. The highest BCUT2D eigenvalue weighted by Crippen LogP contribution is 2.11. The summed E-state index contributed by atoms with van der Waals surface area (Å²) in [5.41, 5.74) is 0.803. The van der Waals surface area contributed by atoms with E-state index in [9.17, 15) is 13.6 Å². The molecule has 0 aliphatic rings. The van der Waals surface area contributed by atoms with E-state index in [0.717, 1.165) is 0 Å². The summed E-state index contributed by atoms with van der Waals surface area (Å²) >= 11 is 0. The van der Waals surface area contributed by atoms with E-state index in [1.807, 2.05) is 0 Å². The Labute approximate surface area is 85.7 Å². The number of carbonyl (C=O) groups is 1. The molecule has 0 saturated carbocycles. The number of nitrogens with zero attached hydrogens (tertiary/aromatic N) is 1. The number of nitrogens with one attached hydrogen (secondary N) is 2. The van der Waals surface area contributed by atoms with Gasteiger partial charge in [-0.25, -0.2) is 8.78 Å². The molecule has 1 aromatic heterocycles. The lowest BCUT2D eigenvalue weighted by atomic mass is 10.2. The standard InChI is InChI=1S/C9H11F2N3O/c1-12-7-2-3-13-4-6(7)9(15)14-5-8(10)11/h2-4,8H,5H2,1H3,(H,12,13)(H,14,15). The molecule has 0 fully saturated rings. The number of carbonyl (C=O) groups excluding carboxylic acids is 1. The molecule has 0 atom stereocenters. The fraction of sp³-hybridized carbons (Fsp3) is 0.333. The van der Waals surface area contributed by atoms with Crippen LogP contribution in [0.5, 0.6) is 0 Å². The molecule has 0 spiro atoms. The minimum atomic E-state index is -2.55. The first-order valence-corrected chi connectivity index (χ1v) is 4.33. The smallest absolute Gasteiger partial charge is 0.255 e. The number of aromatic nitrogens is 1. The second-order valence-electron chi connectivity index (χ2n) is 2.77. The molecule has 1 aromatic rings. The Hall–Kier alpha value is -1.72. The Morgan fingerprint density at radius 1 is 1.60 bits per heavy atom. The third-order valence-corrected chi connectivity index (χ3v) is 1.75. The number of halogens is 2. The van der Waals surface area contributed by atoms with Crippen LogP contribution < -0.4 is 10.6 Å². The topological polar surface area (TPSA) is 54.0 Å². The molecule has 0 bridgehead atoms. The second kappa shape index (κ2) is 5.23. The van der Waals surface area contributed by atoms with E-state index in [0.29, 0.717) is 5.69 Å². The molecule has 1 amide bonds. The highest BCUT2D eigenvalue weighted by atomic mass is 19.3. The summed E-state index contributed by atoms with van der Waals surface area (Å²) in [6.07, 6.45) is 0.284. The normalized spacial score (nSPS) is 10.1. The highest BCUT2D eigenvalue weighted by Gasteiger charge is 2.12. The molecule has 0 radical (unpaired) electrons. The van der Waals surface area contributed by atoms with Crippen molar-refractivity contribution in [2.45, 2.75) is 6.43 Å². The van der Waals surface area contributed by atoms with Crippen LogP contribution in [0.15, 0.2) is 18.5 Å². The monoisotopic (exact) mass is 215 g/mol. The summed E-state index contributed by atoms with van der Waals surface area (Å²) in [6, 6.07) is 1.59. The molecule has 0 aliphatic heterocycles. The van der Waals surface area contributed by atoms with Gasteiger partial charge in [-0.15, -0.1) is 0 Å². The van der Waals surface area contributed by atoms with E-state index >= 15 is 0 Å². The highest BCUT2D eigenvalue weighted by molar-refractivity contribution is 5.99. The summed E-state index contributed by atoms with van der Waals surface area (Å²) in [6.45, 7) is -0.656. The number of alkyl halides is 2. The maximum absolute atomic E-state index is 11.8. The van der Waals surface area contributed by atoms with Crippen LogP contribution in [-0.4, -0.2) is 30.9 Å². The molecule has 15 heavy (non-hydrogen) atoms. The van der Waals surface area contributed by atoms with E-state index in [4.69, 9.17) is 0 Å². The van der Waals surface area contributed by atoms with Crippen molar-refractivity contribution in [3.63, 3.8) is 0 Å². The van der Waals surface area contributed by atoms with Crippen molar-refractivity contribution in [1.82, 2.24) is 10.3 Å². The van der Waals surface area contributed by atoms with Crippen molar-refractivity contribution >= 4 is 11.6 Å². The zero-order chi connectivity index (χ0) is 11.3. The summed E-state index contributed by atoms with van der Waals surface area (Å²) < 4.78 is 23.7. The minimum Gasteiger partial charge on any atom is -0.387 e. The van der Waals surface area contributed by atoms with Crippen LogP contribution in [0.1, 0.15) is 10.4 Å². The number of anilines is 1. The van der Waals surface area contributed by atoms with Crippen LogP contribution in [0.3, 0.4) is 0 Å². The van der Waals surface area contributed by atoms with E-state index in [1.54, 1.807) is 13.1 Å². The maximum Gasteiger partial charge on any atom is 0.255 e. The Kier molecular flexibility index (Phi) is 3.96. The average molecular weight is 215 g/mol. The van der Waals surface area contributed by atoms with Gasteiger partial charge in [0.15, 0.2) is 0 Å². The Balaban J connectivity index is 2.72. The predicted octanol–water partition coefficient (Wildman–Crippen LogP) is 1.12. The number of hydrogen-bond acceptors (Lipinski definition) is 3. The number of amides is 1. The minimum absolute atomic E-state index is 0.251. The number of pyridine rings is 1. The molecule has 1 rings (SSSR count). The fourth-order valence-electron chi connectivity index (χ4n) is 1.06. The summed E-state index contributed by atoms with van der Waals surface area (Å²) in [7, 11) is 1.64. The van der Waals surface area contributed by atoms with Gasteiger partial charge in [-0.2, -0.15) is 0 Å². The van der Waals surface area contributed by atoms with Crippen molar-refractivity contribution in [3.05, 3.63) is 24.0 Å². The van der Waals surface area contributed by atoms with Gasteiger partial charge in [0.25, 0.3) is 12.3 Å². The lowest BCUT2D eigenvalue weighted by Crippen LogP contribution is -2.29. The van der Waals surface area contributed by atoms with E-state index in [1.165, 1.54) is 12.4 Å². The molecule has 0 aliphatic carbocycles. The zero-order valence-electron chi connectivity index (χ0n) is 8.13. The van der Waals surface area contributed by atoms with E-state index < -0.39 is 18.9 Å². The van der Waals surface area contributed by atoms with E-state index in [-0.39, 0.29) is 5.56 Å². The molecular formula is C9H11F2N3O. The molecule has 1 heterocycles. The van der Waals surface area contributed by atoms with Gasteiger partial charge in [-0.05, 0) is 6.07 Å². The second-order valence-corrected chi connectivity index (χ2v) is 2.77. The van der Waals surface area contributed by atoms with Gasteiger partial charge in [0, 0.05) is 25.1 Å². The molecule has 6 heteroatoms. The predicted molar refractivity (Wildman–Crippen MR) is 52.1 cm³/mol. The summed E-state index contributed by atoms with van der Waals surface area (Å²) in [5.74, 6) is -0.562. The third-order valence-electron chi connectivity index (χ3n) is 1.75. The summed E-state index contributed by atoms with van der Waals surface area (Å²) in [4.78, 5) is 15.2. The van der Waals surface area contributed by atoms with Crippen LogP contribution in [0.25, 0.3) is 0 Å². The SMILES string of the molecule is CNc1ccncc1C(=O)NCC(F)F. The van der Waals surface area contributed by atoms with E-state index in [2.05, 4.69) is 15.6 Å². The number of rotatable bonds is 4. The lowest BCUT2D eigenvalue weighted by molar-refractivity contribution is 0.0892. The van der Waals surface area contributed by atoms with Crippen LogP contribution in [0.4, 0.5) is 14.5 Å². The van der Waals surface area contributed by atoms with Crippen molar-refractivity contribution in [2.24, 2.45) is 0 Å². The van der Waals surface area contributed by atoms with Gasteiger partial charge >= 0.3 is 0 Å². The van der Waals surface area contributed by atoms with Crippen molar-refractivity contribution < 1.29 is 13.6 Å². The first-order chi connectivity index (χ1) is 7.15. The molecule has 0 unspecified atom stereocenters. The average Bonchev–Trinajstić information content (AvgIpc) is 2.25. The Morgan fingerprint density at radius 2 is 2.33 bits per heavy atom. The molecule has 82 valence electrons. The van der Waals surface area contributed by atoms with Gasteiger partial charge in [0.1, 0.15) is 0 Å². The van der Waals surface area contributed by atoms with Crippen LogP contribution in [0.2, 0.25) is 0 Å². The fourth-order valence-corrected chi connectivity index (χ4v) is 1.06. The van der Waals surface area contributed by atoms with Gasteiger partial charge in [-0.1, -0.05) is 0 Å². The van der Waals surface area contributed by atoms with Gasteiger partial charge in [0.05, 0.1) is 12.1 Å². The first-order valence-electron chi connectivity index (χ1n) is 4.33. The van der Waals surface area contributed by atoms with Crippen LogP contribution in [-0.2, 0) is 0 Å².